The van der Waals surface area contributed by atoms with E-state index in [2.05, 4.69) is 30.3 Å². The second kappa shape index (κ2) is 4.34. The predicted molar refractivity (Wildman–Crippen MR) is 77.1 cm³/mol. The Morgan fingerprint density at radius 2 is 1.70 bits per heavy atom. The Labute approximate surface area is 117 Å². The molecule has 2 aromatic carbocycles. The van der Waals surface area contributed by atoms with Crippen LogP contribution in [0.3, 0.4) is 0 Å². The van der Waals surface area contributed by atoms with Crippen molar-refractivity contribution in [3.8, 4) is 0 Å². The van der Waals surface area contributed by atoms with E-state index in [-0.39, 0.29) is 11.9 Å². The van der Waals surface area contributed by atoms with Gasteiger partial charge in [-0.3, -0.25) is 0 Å². The van der Waals surface area contributed by atoms with Gasteiger partial charge in [0.25, 0.3) is 0 Å². The topological polar surface area (TPSA) is 26.3 Å². The first-order valence-corrected chi connectivity index (χ1v) is 6.89. The second-order valence-electron chi connectivity index (χ2n) is 5.31. The van der Waals surface area contributed by atoms with E-state index >= 15 is 0 Å². The number of cyclic esters (lactones) is 1. The molecule has 20 heavy (non-hydrogen) atoms. The van der Waals surface area contributed by atoms with E-state index in [1.54, 1.807) is 0 Å². The van der Waals surface area contributed by atoms with Gasteiger partial charge in [0, 0.05) is 11.5 Å². The van der Waals surface area contributed by atoms with Crippen molar-refractivity contribution in [2.24, 2.45) is 5.92 Å². The molecular formula is C18H14O2. The molecule has 0 amide bonds. The van der Waals surface area contributed by atoms with Crippen LogP contribution in [0.15, 0.2) is 60.2 Å². The Kier molecular flexibility index (Phi) is 2.49. The average Bonchev–Trinajstić information content (AvgIpc) is 2.87. The van der Waals surface area contributed by atoms with Gasteiger partial charge in [-0.1, -0.05) is 54.6 Å². The minimum Gasteiger partial charge on any atom is -0.462 e. The quantitative estimate of drug-likeness (QED) is 0.738. The molecule has 4 rings (SSSR count). The normalized spacial score (nSPS) is 20.4. The fourth-order valence-corrected chi connectivity index (χ4v) is 3.24. The Hall–Kier alpha value is -2.35. The molecule has 0 bridgehead atoms. The summed E-state index contributed by atoms with van der Waals surface area (Å²) in [5.41, 5.74) is 5.48. The van der Waals surface area contributed by atoms with Crippen LogP contribution in [0, 0.1) is 5.92 Å². The van der Waals surface area contributed by atoms with Gasteiger partial charge in [0.2, 0.25) is 0 Å². The van der Waals surface area contributed by atoms with Crippen molar-refractivity contribution in [3.63, 3.8) is 0 Å². The summed E-state index contributed by atoms with van der Waals surface area (Å²) in [6.45, 7) is 0.513. The Bertz CT molecular complexity index is 713. The molecular weight excluding hydrogens is 248 g/mol. The van der Waals surface area contributed by atoms with Gasteiger partial charge < -0.3 is 4.74 Å². The van der Waals surface area contributed by atoms with Crippen LogP contribution in [-0.4, -0.2) is 12.6 Å². The van der Waals surface area contributed by atoms with E-state index in [1.807, 2.05) is 24.3 Å². The highest BCUT2D eigenvalue weighted by atomic mass is 16.5. The lowest BCUT2D eigenvalue weighted by atomic mass is 9.77. The number of carbonyl (C=O) groups is 1. The molecule has 2 nitrogen and oxygen atoms in total. The van der Waals surface area contributed by atoms with Gasteiger partial charge in [-0.25, -0.2) is 4.79 Å². The molecule has 1 aliphatic carbocycles. The molecule has 2 heteroatoms. The maximum Gasteiger partial charge on any atom is 0.335 e. The summed E-state index contributed by atoms with van der Waals surface area (Å²) < 4.78 is 5.29. The van der Waals surface area contributed by atoms with E-state index in [9.17, 15) is 4.79 Å². The fourth-order valence-electron chi connectivity index (χ4n) is 3.24. The summed E-state index contributed by atoms with van der Waals surface area (Å²) in [6, 6.07) is 18.5. The number of hydrogen-bond donors (Lipinski definition) is 0. The molecule has 1 heterocycles. The zero-order valence-electron chi connectivity index (χ0n) is 11.0. The summed E-state index contributed by atoms with van der Waals surface area (Å²) in [6.07, 6.45) is 0.896. The predicted octanol–water partition coefficient (Wildman–Crippen LogP) is 3.22. The zero-order valence-corrected chi connectivity index (χ0v) is 11.0. The van der Waals surface area contributed by atoms with Crippen LogP contribution < -0.4 is 0 Å². The van der Waals surface area contributed by atoms with Gasteiger partial charge >= 0.3 is 5.97 Å². The molecule has 0 N–H and O–H groups in total. The molecule has 1 atom stereocenters. The molecule has 1 fully saturated rings. The van der Waals surface area contributed by atoms with Gasteiger partial charge in [-0.05, 0) is 23.1 Å². The SMILES string of the molecule is O=C1OC[C@@H]2Cc3ccccc3C(c3ccccc3)=C12. The number of esters is 1. The number of benzene rings is 2. The van der Waals surface area contributed by atoms with Crippen LogP contribution in [0.25, 0.3) is 5.57 Å². The van der Waals surface area contributed by atoms with Crippen LogP contribution in [-0.2, 0) is 16.0 Å². The Balaban J connectivity index is 2.02. The molecule has 1 saturated heterocycles. The summed E-state index contributed by atoms with van der Waals surface area (Å²) in [4.78, 5) is 12.1. The fraction of sp³-hybridized carbons (Fsp3) is 0.167. The first-order valence-electron chi connectivity index (χ1n) is 6.89. The number of rotatable bonds is 1. The lowest BCUT2D eigenvalue weighted by Crippen LogP contribution is -2.17. The Morgan fingerprint density at radius 1 is 0.950 bits per heavy atom. The standard InChI is InChI=1S/C18H14O2/c19-18-17-14(11-20-18)10-13-8-4-5-9-15(13)16(17)12-6-2-1-3-7-12/h1-9,14H,10-11H2/t14-/m0/s1. The lowest BCUT2D eigenvalue weighted by Gasteiger charge is -2.23. The molecule has 0 unspecified atom stereocenters. The van der Waals surface area contributed by atoms with Crippen LogP contribution in [0.5, 0.6) is 0 Å². The van der Waals surface area contributed by atoms with Crippen LogP contribution in [0.4, 0.5) is 0 Å². The van der Waals surface area contributed by atoms with E-state index in [0.717, 1.165) is 23.1 Å². The van der Waals surface area contributed by atoms with Crippen molar-refractivity contribution >= 4 is 11.5 Å². The van der Waals surface area contributed by atoms with Gasteiger partial charge in [-0.15, -0.1) is 0 Å². The summed E-state index contributed by atoms with van der Waals surface area (Å²) in [7, 11) is 0. The van der Waals surface area contributed by atoms with Gasteiger partial charge in [0.1, 0.15) is 0 Å². The van der Waals surface area contributed by atoms with Crippen molar-refractivity contribution in [2.45, 2.75) is 6.42 Å². The molecule has 0 aromatic heterocycles. The largest absolute Gasteiger partial charge is 0.462 e. The molecule has 0 spiro atoms. The third-order valence-electron chi connectivity index (χ3n) is 4.13. The highest BCUT2D eigenvalue weighted by molar-refractivity contribution is 6.05. The zero-order chi connectivity index (χ0) is 13.5. The van der Waals surface area contributed by atoms with Crippen LogP contribution in [0.1, 0.15) is 16.7 Å². The highest BCUT2D eigenvalue weighted by Gasteiger charge is 2.38. The second-order valence-corrected chi connectivity index (χ2v) is 5.31. The van der Waals surface area contributed by atoms with E-state index < -0.39 is 0 Å². The van der Waals surface area contributed by atoms with Crippen molar-refractivity contribution < 1.29 is 9.53 Å². The summed E-state index contributed by atoms with van der Waals surface area (Å²) >= 11 is 0. The van der Waals surface area contributed by atoms with E-state index in [0.29, 0.717) is 6.61 Å². The van der Waals surface area contributed by atoms with Crippen molar-refractivity contribution in [3.05, 3.63) is 76.9 Å². The maximum atomic E-state index is 12.1. The number of carbonyl (C=O) groups excluding carboxylic acids is 1. The third-order valence-corrected chi connectivity index (χ3v) is 4.13. The summed E-state index contributed by atoms with van der Waals surface area (Å²) in [5, 5.41) is 0. The maximum absolute atomic E-state index is 12.1. The molecule has 2 aromatic rings. The molecule has 1 aliphatic heterocycles. The van der Waals surface area contributed by atoms with E-state index in [4.69, 9.17) is 4.74 Å². The minimum absolute atomic E-state index is 0.150. The number of hydrogen-bond acceptors (Lipinski definition) is 2. The first kappa shape index (κ1) is 11.5. The molecule has 0 radical (unpaired) electrons. The van der Waals surface area contributed by atoms with Crippen LogP contribution >= 0.6 is 0 Å². The van der Waals surface area contributed by atoms with Crippen LogP contribution in [0.2, 0.25) is 0 Å². The number of ether oxygens (including phenoxy) is 1. The van der Waals surface area contributed by atoms with Crippen molar-refractivity contribution in [2.75, 3.05) is 6.61 Å². The third kappa shape index (κ3) is 1.61. The highest BCUT2D eigenvalue weighted by Crippen LogP contribution is 2.41. The minimum atomic E-state index is -0.150. The van der Waals surface area contributed by atoms with Gasteiger partial charge in [0.15, 0.2) is 0 Å². The lowest BCUT2D eigenvalue weighted by molar-refractivity contribution is -0.135. The number of fused-ring (bicyclic) bond motifs is 2. The first-order chi connectivity index (χ1) is 9.84. The van der Waals surface area contributed by atoms with Crippen molar-refractivity contribution in [1.29, 1.82) is 0 Å². The monoisotopic (exact) mass is 262 g/mol. The van der Waals surface area contributed by atoms with Gasteiger partial charge in [-0.2, -0.15) is 0 Å². The van der Waals surface area contributed by atoms with E-state index in [1.165, 1.54) is 11.1 Å². The molecule has 0 saturated carbocycles. The molecule has 98 valence electrons. The summed E-state index contributed by atoms with van der Waals surface area (Å²) in [5.74, 6) is 0.0518. The smallest absolute Gasteiger partial charge is 0.335 e. The van der Waals surface area contributed by atoms with Gasteiger partial charge in [0.05, 0.1) is 12.2 Å². The van der Waals surface area contributed by atoms with Crippen molar-refractivity contribution in [1.82, 2.24) is 0 Å². The molecule has 2 aliphatic rings. The Morgan fingerprint density at radius 3 is 2.55 bits per heavy atom. The average molecular weight is 262 g/mol.